The number of aliphatic hydroxyl groups is 1. The molecule has 1 unspecified atom stereocenters. The Balaban J connectivity index is 2.59. The molecule has 0 radical (unpaired) electrons. The number of anilines is 1. The van der Waals surface area contributed by atoms with E-state index in [-0.39, 0.29) is 30.5 Å². The van der Waals surface area contributed by atoms with E-state index in [2.05, 4.69) is 31.4 Å². The van der Waals surface area contributed by atoms with Crippen molar-refractivity contribution in [1.82, 2.24) is 5.32 Å². The molecular formula is C16H25ClN2O2. The van der Waals surface area contributed by atoms with Crippen LogP contribution in [0, 0.1) is 12.3 Å². The van der Waals surface area contributed by atoms with Crippen molar-refractivity contribution in [2.24, 2.45) is 5.41 Å². The van der Waals surface area contributed by atoms with Crippen LogP contribution in [0.15, 0.2) is 18.2 Å². The van der Waals surface area contributed by atoms with E-state index < -0.39 is 0 Å². The van der Waals surface area contributed by atoms with Crippen LogP contribution in [0.25, 0.3) is 0 Å². The first-order chi connectivity index (χ1) is 9.74. The maximum atomic E-state index is 12.0. The first-order valence-electron chi connectivity index (χ1n) is 7.14. The van der Waals surface area contributed by atoms with E-state index in [1.807, 2.05) is 13.0 Å². The van der Waals surface area contributed by atoms with Gasteiger partial charge < -0.3 is 15.7 Å². The molecule has 0 fully saturated rings. The van der Waals surface area contributed by atoms with Gasteiger partial charge in [-0.05, 0) is 36.5 Å². The normalized spacial score (nSPS) is 13.0. The Morgan fingerprint density at radius 2 is 2.05 bits per heavy atom. The summed E-state index contributed by atoms with van der Waals surface area (Å²) < 4.78 is 0. The maximum Gasteiger partial charge on any atom is 0.238 e. The zero-order valence-electron chi connectivity index (χ0n) is 13.2. The van der Waals surface area contributed by atoms with Gasteiger partial charge in [0.2, 0.25) is 5.91 Å². The van der Waals surface area contributed by atoms with Gasteiger partial charge in [-0.25, -0.2) is 0 Å². The number of halogens is 1. The Bertz CT molecular complexity index is 484. The predicted octanol–water partition coefficient (Wildman–Crippen LogP) is 2.97. The molecule has 0 aliphatic carbocycles. The number of benzene rings is 1. The third-order valence-corrected chi connectivity index (χ3v) is 3.68. The summed E-state index contributed by atoms with van der Waals surface area (Å²) in [6.45, 7) is 8.47. The topological polar surface area (TPSA) is 61.4 Å². The van der Waals surface area contributed by atoms with Crippen molar-refractivity contribution in [3.8, 4) is 0 Å². The van der Waals surface area contributed by atoms with E-state index >= 15 is 0 Å². The number of amides is 1. The van der Waals surface area contributed by atoms with Crippen LogP contribution in [0.1, 0.15) is 32.8 Å². The lowest BCUT2D eigenvalue weighted by Crippen LogP contribution is -2.44. The molecule has 0 spiro atoms. The smallest absolute Gasteiger partial charge is 0.238 e. The van der Waals surface area contributed by atoms with Crippen LogP contribution in [0.3, 0.4) is 0 Å². The Morgan fingerprint density at radius 3 is 2.62 bits per heavy atom. The van der Waals surface area contributed by atoms with Gasteiger partial charge in [-0.1, -0.05) is 38.4 Å². The molecule has 0 aliphatic heterocycles. The lowest BCUT2D eigenvalue weighted by atomic mass is 9.85. The molecule has 1 amide bonds. The third kappa shape index (κ3) is 6.04. The van der Waals surface area contributed by atoms with Crippen LogP contribution in [0.2, 0.25) is 5.02 Å². The lowest BCUT2D eigenvalue weighted by molar-refractivity contribution is -0.115. The summed E-state index contributed by atoms with van der Waals surface area (Å²) in [5.74, 6) is -0.118. The van der Waals surface area contributed by atoms with Crippen LogP contribution in [0.5, 0.6) is 0 Å². The third-order valence-electron chi connectivity index (χ3n) is 3.45. The van der Waals surface area contributed by atoms with E-state index in [1.165, 1.54) is 0 Å². The highest BCUT2D eigenvalue weighted by Gasteiger charge is 2.24. The first-order valence-corrected chi connectivity index (χ1v) is 7.52. The number of nitrogens with one attached hydrogen (secondary N) is 2. The average molecular weight is 313 g/mol. The molecule has 1 rings (SSSR count). The standard InChI is InChI=1S/C16H25ClN2O2/c1-11-5-6-12(17)9-13(11)19-15(21)10-18-14(7-8-20)16(2,3)4/h5-6,9,14,18,20H,7-8,10H2,1-4H3,(H,19,21). The minimum absolute atomic E-state index is 0.0189. The molecule has 1 aromatic carbocycles. The quantitative estimate of drug-likeness (QED) is 0.757. The second-order valence-electron chi connectivity index (χ2n) is 6.32. The number of carbonyl (C=O) groups is 1. The Morgan fingerprint density at radius 1 is 1.38 bits per heavy atom. The Hall–Kier alpha value is -1.10. The van der Waals surface area contributed by atoms with Gasteiger partial charge in [-0.15, -0.1) is 0 Å². The summed E-state index contributed by atoms with van der Waals surface area (Å²) in [4.78, 5) is 12.0. The number of aryl methyl sites for hydroxylation is 1. The van der Waals surface area contributed by atoms with E-state index in [1.54, 1.807) is 12.1 Å². The summed E-state index contributed by atoms with van der Waals surface area (Å²) in [6, 6.07) is 5.48. The van der Waals surface area contributed by atoms with Crippen LogP contribution in [-0.4, -0.2) is 30.2 Å². The fourth-order valence-electron chi connectivity index (χ4n) is 2.11. The second-order valence-corrected chi connectivity index (χ2v) is 6.76. The van der Waals surface area contributed by atoms with Gasteiger partial charge in [0.05, 0.1) is 6.54 Å². The van der Waals surface area contributed by atoms with E-state index in [0.29, 0.717) is 11.4 Å². The summed E-state index contributed by atoms with van der Waals surface area (Å²) in [5, 5.41) is 15.8. The van der Waals surface area contributed by atoms with Gasteiger partial charge >= 0.3 is 0 Å². The molecule has 3 N–H and O–H groups in total. The molecular weight excluding hydrogens is 288 g/mol. The zero-order chi connectivity index (χ0) is 16.0. The van der Waals surface area contributed by atoms with Gasteiger partial charge in [-0.3, -0.25) is 4.79 Å². The largest absolute Gasteiger partial charge is 0.396 e. The lowest BCUT2D eigenvalue weighted by Gasteiger charge is -2.31. The Kier molecular flexibility index (Phi) is 6.65. The maximum absolute atomic E-state index is 12.0. The average Bonchev–Trinajstić information content (AvgIpc) is 2.37. The molecule has 5 heteroatoms. The minimum Gasteiger partial charge on any atom is -0.396 e. The number of rotatable bonds is 6. The van der Waals surface area contributed by atoms with Crippen molar-refractivity contribution in [3.05, 3.63) is 28.8 Å². The van der Waals surface area contributed by atoms with Crippen molar-refractivity contribution >= 4 is 23.2 Å². The van der Waals surface area contributed by atoms with Gasteiger partial charge in [0, 0.05) is 23.4 Å². The molecule has 4 nitrogen and oxygen atoms in total. The highest BCUT2D eigenvalue weighted by molar-refractivity contribution is 6.31. The predicted molar refractivity (Wildman–Crippen MR) is 87.8 cm³/mol. The number of carbonyl (C=O) groups excluding carboxylic acids is 1. The molecule has 0 saturated carbocycles. The molecule has 0 heterocycles. The van der Waals surface area contributed by atoms with Crippen LogP contribution >= 0.6 is 11.6 Å². The van der Waals surface area contributed by atoms with Crippen LogP contribution < -0.4 is 10.6 Å². The van der Waals surface area contributed by atoms with Crippen molar-refractivity contribution in [1.29, 1.82) is 0 Å². The zero-order valence-corrected chi connectivity index (χ0v) is 13.9. The van der Waals surface area contributed by atoms with Gasteiger partial charge in [-0.2, -0.15) is 0 Å². The van der Waals surface area contributed by atoms with Crippen molar-refractivity contribution in [3.63, 3.8) is 0 Å². The molecule has 1 aromatic rings. The number of hydrogen-bond acceptors (Lipinski definition) is 3. The van der Waals surface area contributed by atoms with Crippen LogP contribution in [-0.2, 0) is 4.79 Å². The molecule has 0 bridgehead atoms. The van der Waals surface area contributed by atoms with Crippen LogP contribution in [0.4, 0.5) is 5.69 Å². The molecule has 0 saturated heterocycles. The minimum atomic E-state index is -0.118. The Labute approximate surface area is 131 Å². The molecule has 0 aromatic heterocycles. The summed E-state index contributed by atoms with van der Waals surface area (Å²) in [5.41, 5.74) is 1.67. The highest BCUT2D eigenvalue weighted by Crippen LogP contribution is 2.22. The van der Waals surface area contributed by atoms with E-state index in [9.17, 15) is 4.79 Å². The summed E-state index contributed by atoms with van der Waals surface area (Å²) in [6.07, 6.45) is 0.618. The highest BCUT2D eigenvalue weighted by atomic mass is 35.5. The van der Waals surface area contributed by atoms with Crippen molar-refractivity contribution in [2.75, 3.05) is 18.5 Å². The fourth-order valence-corrected chi connectivity index (χ4v) is 2.28. The van der Waals surface area contributed by atoms with E-state index in [4.69, 9.17) is 16.7 Å². The van der Waals surface area contributed by atoms with Gasteiger partial charge in [0.25, 0.3) is 0 Å². The van der Waals surface area contributed by atoms with Crippen molar-refractivity contribution < 1.29 is 9.90 Å². The SMILES string of the molecule is Cc1ccc(Cl)cc1NC(=O)CNC(CCO)C(C)(C)C. The van der Waals surface area contributed by atoms with Crippen molar-refractivity contribution in [2.45, 2.75) is 40.2 Å². The molecule has 21 heavy (non-hydrogen) atoms. The summed E-state index contributed by atoms with van der Waals surface area (Å²) in [7, 11) is 0. The molecule has 118 valence electrons. The second kappa shape index (κ2) is 7.78. The molecule has 1 atom stereocenters. The fraction of sp³-hybridized carbons (Fsp3) is 0.562. The van der Waals surface area contributed by atoms with Gasteiger partial charge in [0.1, 0.15) is 0 Å². The number of aliphatic hydroxyl groups excluding tert-OH is 1. The number of hydrogen-bond donors (Lipinski definition) is 3. The van der Waals surface area contributed by atoms with Gasteiger partial charge in [0.15, 0.2) is 0 Å². The first kappa shape index (κ1) is 18.0. The monoisotopic (exact) mass is 312 g/mol. The van der Waals surface area contributed by atoms with E-state index in [0.717, 1.165) is 11.3 Å². The summed E-state index contributed by atoms with van der Waals surface area (Å²) >= 11 is 5.93. The molecule has 0 aliphatic rings.